The SMILES string of the molecule is CCN(CC)C(=S)Oc1c(Cl)cc(C(C)=O)cc1Cl. The van der Waals surface area contributed by atoms with Gasteiger partial charge in [0, 0.05) is 18.7 Å². The molecule has 1 aromatic carbocycles. The Morgan fingerprint density at radius 3 is 2.11 bits per heavy atom. The molecular formula is C13H15Cl2NO2S. The Hall–Kier alpha value is -0.840. The van der Waals surface area contributed by atoms with Gasteiger partial charge in [0.25, 0.3) is 5.17 Å². The Morgan fingerprint density at radius 1 is 1.26 bits per heavy atom. The molecule has 0 N–H and O–H groups in total. The number of Topliss-reactive ketones (excluding diaryl/α,β-unsaturated/α-hetero) is 1. The van der Waals surface area contributed by atoms with Crippen molar-refractivity contribution in [2.45, 2.75) is 20.8 Å². The summed E-state index contributed by atoms with van der Waals surface area (Å²) < 4.78 is 5.54. The number of rotatable bonds is 4. The summed E-state index contributed by atoms with van der Waals surface area (Å²) >= 11 is 17.3. The van der Waals surface area contributed by atoms with E-state index in [9.17, 15) is 4.79 Å². The molecule has 0 radical (unpaired) electrons. The number of hydrogen-bond donors (Lipinski definition) is 0. The fraction of sp³-hybridized carbons (Fsp3) is 0.385. The number of hydrogen-bond acceptors (Lipinski definition) is 3. The molecule has 104 valence electrons. The van der Waals surface area contributed by atoms with Crippen LogP contribution in [-0.2, 0) is 0 Å². The van der Waals surface area contributed by atoms with Crippen LogP contribution in [0.3, 0.4) is 0 Å². The number of carbonyl (C=O) groups is 1. The van der Waals surface area contributed by atoms with E-state index in [2.05, 4.69) is 0 Å². The molecule has 19 heavy (non-hydrogen) atoms. The predicted molar refractivity (Wildman–Crippen MR) is 82.6 cm³/mol. The van der Waals surface area contributed by atoms with E-state index in [0.717, 1.165) is 13.1 Å². The van der Waals surface area contributed by atoms with Crippen molar-refractivity contribution < 1.29 is 9.53 Å². The van der Waals surface area contributed by atoms with Crippen molar-refractivity contribution in [2.75, 3.05) is 13.1 Å². The van der Waals surface area contributed by atoms with E-state index in [1.54, 1.807) is 0 Å². The lowest BCUT2D eigenvalue weighted by Gasteiger charge is -2.22. The lowest BCUT2D eigenvalue weighted by molar-refractivity contribution is 0.101. The lowest BCUT2D eigenvalue weighted by atomic mass is 10.1. The van der Waals surface area contributed by atoms with Gasteiger partial charge in [-0.3, -0.25) is 4.79 Å². The molecule has 1 aromatic rings. The van der Waals surface area contributed by atoms with Crippen LogP contribution in [0, 0.1) is 0 Å². The van der Waals surface area contributed by atoms with Gasteiger partial charge >= 0.3 is 0 Å². The number of halogens is 2. The zero-order valence-corrected chi connectivity index (χ0v) is 13.3. The second kappa shape index (κ2) is 7.08. The van der Waals surface area contributed by atoms with Gasteiger partial charge in [0.15, 0.2) is 11.5 Å². The molecule has 0 unspecified atom stereocenters. The van der Waals surface area contributed by atoms with E-state index >= 15 is 0 Å². The lowest BCUT2D eigenvalue weighted by Crippen LogP contribution is -2.32. The van der Waals surface area contributed by atoms with Crippen LogP contribution in [0.15, 0.2) is 12.1 Å². The van der Waals surface area contributed by atoms with Crippen LogP contribution in [0.1, 0.15) is 31.1 Å². The van der Waals surface area contributed by atoms with Crippen LogP contribution < -0.4 is 4.74 Å². The minimum atomic E-state index is -0.110. The monoisotopic (exact) mass is 319 g/mol. The number of nitrogens with zero attached hydrogens (tertiary/aromatic N) is 1. The minimum absolute atomic E-state index is 0.110. The molecule has 0 bridgehead atoms. The van der Waals surface area contributed by atoms with Crippen LogP contribution >= 0.6 is 35.4 Å². The van der Waals surface area contributed by atoms with E-state index < -0.39 is 0 Å². The first-order chi connectivity index (χ1) is 8.90. The predicted octanol–water partition coefficient (Wildman–Crippen LogP) is 4.20. The highest BCUT2D eigenvalue weighted by Crippen LogP contribution is 2.34. The van der Waals surface area contributed by atoms with Crippen molar-refractivity contribution in [1.29, 1.82) is 0 Å². The molecular weight excluding hydrogens is 305 g/mol. The van der Waals surface area contributed by atoms with E-state index in [0.29, 0.717) is 10.7 Å². The van der Waals surface area contributed by atoms with Crippen LogP contribution in [0.25, 0.3) is 0 Å². The first-order valence-electron chi connectivity index (χ1n) is 5.87. The molecule has 3 nitrogen and oxygen atoms in total. The van der Waals surface area contributed by atoms with Gasteiger partial charge in [-0.1, -0.05) is 23.2 Å². The van der Waals surface area contributed by atoms with Crippen LogP contribution in [-0.4, -0.2) is 28.9 Å². The zero-order valence-electron chi connectivity index (χ0n) is 11.0. The molecule has 0 amide bonds. The van der Waals surface area contributed by atoms with E-state index in [1.165, 1.54) is 19.1 Å². The van der Waals surface area contributed by atoms with Crippen LogP contribution in [0.4, 0.5) is 0 Å². The molecule has 0 heterocycles. The highest BCUT2D eigenvalue weighted by molar-refractivity contribution is 7.80. The average molecular weight is 320 g/mol. The number of thiocarbonyl (C=S) groups is 1. The van der Waals surface area contributed by atoms with Gasteiger partial charge in [-0.15, -0.1) is 0 Å². The highest BCUT2D eigenvalue weighted by atomic mass is 35.5. The van der Waals surface area contributed by atoms with Gasteiger partial charge in [-0.2, -0.15) is 0 Å². The van der Waals surface area contributed by atoms with Gasteiger partial charge in [-0.05, 0) is 45.1 Å². The van der Waals surface area contributed by atoms with E-state index in [-0.39, 0.29) is 21.6 Å². The summed E-state index contributed by atoms with van der Waals surface area (Å²) in [4.78, 5) is 13.2. The summed E-state index contributed by atoms with van der Waals surface area (Å²) in [6.45, 7) is 6.86. The van der Waals surface area contributed by atoms with Crippen LogP contribution in [0.2, 0.25) is 10.0 Å². The third-order valence-electron chi connectivity index (χ3n) is 2.62. The molecule has 0 aliphatic carbocycles. The summed E-state index contributed by atoms with van der Waals surface area (Å²) in [5, 5.41) is 0.851. The van der Waals surface area contributed by atoms with Gasteiger partial charge < -0.3 is 9.64 Å². The van der Waals surface area contributed by atoms with Crippen LogP contribution in [0.5, 0.6) is 5.75 Å². The molecule has 0 saturated heterocycles. The first kappa shape index (κ1) is 16.2. The van der Waals surface area contributed by atoms with Gasteiger partial charge in [0.2, 0.25) is 0 Å². The molecule has 0 saturated carbocycles. The Kier molecular flexibility index (Phi) is 6.04. The third-order valence-corrected chi connectivity index (χ3v) is 3.52. The highest BCUT2D eigenvalue weighted by Gasteiger charge is 2.16. The zero-order chi connectivity index (χ0) is 14.6. The Balaban J connectivity index is 3.02. The molecule has 0 fully saturated rings. The topological polar surface area (TPSA) is 29.5 Å². The molecule has 1 rings (SSSR count). The Labute approximate surface area is 128 Å². The fourth-order valence-electron chi connectivity index (χ4n) is 1.49. The maximum absolute atomic E-state index is 11.3. The van der Waals surface area contributed by atoms with Crippen molar-refractivity contribution in [3.8, 4) is 5.75 Å². The number of ketones is 1. The Bertz CT molecular complexity index is 478. The fourth-order valence-corrected chi connectivity index (χ4v) is 2.40. The Morgan fingerprint density at radius 2 is 1.74 bits per heavy atom. The average Bonchev–Trinajstić information content (AvgIpc) is 2.34. The quantitative estimate of drug-likeness (QED) is 0.614. The minimum Gasteiger partial charge on any atom is -0.429 e. The summed E-state index contributed by atoms with van der Waals surface area (Å²) in [7, 11) is 0. The number of ether oxygens (including phenoxy) is 1. The molecule has 0 aromatic heterocycles. The normalized spacial score (nSPS) is 10.2. The standard InChI is InChI=1S/C13H15Cl2NO2S/c1-4-16(5-2)13(19)18-12-10(14)6-9(8(3)17)7-11(12)15/h6-7H,4-5H2,1-3H3. The second-order valence-electron chi connectivity index (χ2n) is 3.87. The molecule has 6 heteroatoms. The van der Waals surface area contributed by atoms with Gasteiger partial charge in [0.1, 0.15) is 0 Å². The largest absolute Gasteiger partial charge is 0.429 e. The maximum Gasteiger partial charge on any atom is 0.264 e. The molecule has 0 spiro atoms. The third kappa shape index (κ3) is 4.06. The van der Waals surface area contributed by atoms with Crippen molar-refractivity contribution in [3.05, 3.63) is 27.7 Å². The maximum atomic E-state index is 11.3. The number of carbonyl (C=O) groups excluding carboxylic acids is 1. The van der Waals surface area contributed by atoms with Crippen molar-refractivity contribution in [2.24, 2.45) is 0 Å². The smallest absolute Gasteiger partial charge is 0.264 e. The second-order valence-corrected chi connectivity index (χ2v) is 5.03. The van der Waals surface area contributed by atoms with Crippen molar-refractivity contribution in [1.82, 2.24) is 4.90 Å². The number of benzene rings is 1. The van der Waals surface area contributed by atoms with Crippen molar-refractivity contribution in [3.63, 3.8) is 0 Å². The van der Waals surface area contributed by atoms with Gasteiger partial charge in [0.05, 0.1) is 10.0 Å². The van der Waals surface area contributed by atoms with Crippen molar-refractivity contribution >= 4 is 46.4 Å². The molecule has 0 aliphatic rings. The summed E-state index contributed by atoms with van der Waals surface area (Å²) in [5.74, 6) is 0.173. The van der Waals surface area contributed by atoms with E-state index in [4.69, 9.17) is 40.2 Å². The first-order valence-corrected chi connectivity index (χ1v) is 7.03. The summed E-state index contributed by atoms with van der Waals surface area (Å²) in [6, 6.07) is 3.05. The van der Waals surface area contributed by atoms with E-state index in [1.807, 2.05) is 18.7 Å². The molecule has 0 atom stereocenters. The summed E-state index contributed by atoms with van der Waals surface area (Å²) in [5.41, 5.74) is 0.441. The molecule has 0 aliphatic heterocycles. The summed E-state index contributed by atoms with van der Waals surface area (Å²) in [6.07, 6.45) is 0. The van der Waals surface area contributed by atoms with Gasteiger partial charge in [-0.25, -0.2) is 0 Å².